The van der Waals surface area contributed by atoms with Crippen molar-refractivity contribution in [3.05, 3.63) is 64.7 Å². The highest BCUT2D eigenvalue weighted by atomic mass is 28.3. The summed E-state index contributed by atoms with van der Waals surface area (Å²) in [5.74, 6) is 3.20. The molecule has 0 aromatic heterocycles. The highest BCUT2D eigenvalue weighted by Crippen LogP contribution is 2.74. The van der Waals surface area contributed by atoms with Crippen LogP contribution in [0.25, 0.3) is 0 Å². The Labute approximate surface area is 171 Å². The van der Waals surface area contributed by atoms with E-state index in [0.717, 1.165) is 36.0 Å². The first-order valence-electron chi connectivity index (χ1n) is 9.91. The van der Waals surface area contributed by atoms with Gasteiger partial charge < -0.3 is 4.74 Å². The molecule has 0 N–H and O–H groups in total. The van der Waals surface area contributed by atoms with E-state index in [-0.39, 0.29) is 16.6 Å². The minimum absolute atomic E-state index is 0.0981. The summed E-state index contributed by atoms with van der Waals surface area (Å²) in [5, 5.41) is 0. The molecule has 5 rings (SSSR count). The van der Waals surface area contributed by atoms with E-state index < -0.39 is 14.4 Å². The Morgan fingerprint density at radius 1 is 0.966 bits per heavy atom. The van der Waals surface area contributed by atoms with Crippen molar-refractivity contribution in [3.63, 3.8) is 0 Å². The molecule has 29 heavy (non-hydrogen) atoms. The van der Waals surface area contributed by atoms with Crippen LogP contribution in [0.3, 0.4) is 0 Å². The van der Waals surface area contributed by atoms with E-state index in [4.69, 9.17) is 0 Å². The number of aryl methyl sites for hydroxylation is 1. The minimum atomic E-state index is -4.66. The molecule has 0 heterocycles. The summed E-state index contributed by atoms with van der Waals surface area (Å²) >= 11 is 0. The third-order valence-corrected chi connectivity index (χ3v) is 6.96. The lowest BCUT2D eigenvalue weighted by Crippen LogP contribution is -2.67. The third kappa shape index (κ3) is 3.83. The van der Waals surface area contributed by atoms with Crippen LogP contribution in [-0.4, -0.2) is 14.4 Å². The second kappa shape index (κ2) is 6.40. The van der Waals surface area contributed by atoms with E-state index in [2.05, 4.69) is 60.1 Å². The Morgan fingerprint density at radius 2 is 1.66 bits per heavy atom. The molecule has 0 unspecified atom stereocenters. The average molecular weight is 415 g/mol. The highest BCUT2D eigenvalue weighted by Gasteiger charge is 2.68. The lowest BCUT2D eigenvalue weighted by molar-refractivity contribution is -0.274. The van der Waals surface area contributed by atoms with Gasteiger partial charge >= 0.3 is 6.36 Å². The van der Waals surface area contributed by atoms with Crippen molar-refractivity contribution in [1.29, 1.82) is 0 Å². The Hall–Kier alpha value is -2.19. The number of hydrogen-bond acceptors (Lipinski definition) is 1. The van der Waals surface area contributed by atoms with E-state index in [1.54, 1.807) is 0 Å². The van der Waals surface area contributed by atoms with Crippen LogP contribution in [0.2, 0.25) is 19.6 Å². The molecule has 2 bridgehead atoms. The first kappa shape index (κ1) is 20.1. The van der Waals surface area contributed by atoms with Gasteiger partial charge in [-0.1, -0.05) is 43.8 Å². The largest absolute Gasteiger partial charge is 0.573 e. The maximum absolute atomic E-state index is 12.5. The van der Waals surface area contributed by atoms with Gasteiger partial charge in [-0.25, -0.2) is 0 Å². The van der Waals surface area contributed by atoms with E-state index in [1.165, 1.54) is 17.7 Å². The maximum atomic E-state index is 12.5. The number of hydrogen-bond donors (Lipinski definition) is 0. The summed E-state index contributed by atoms with van der Waals surface area (Å²) in [6, 6.07) is 13.3. The molecule has 3 saturated carbocycles. The summed E-state index contributed by atoms with van der Waals surface area (Å²) in [4.78, 5) is 0. The van der Waals surface area contributed by atoms with Gasteiger partial charge in [-0.2, -0.15) is 0 Å². The van der Waals surface area contributed by atoms with E-state index in [0.29, 0.717) is 0 Å². The summed E-state index contributed by atoms with van der Waals surface area (Å²) in [7, 11) is -1.41. The smallest absolute Gasteiger partial charge is 0.406 e. The Kier molecular flexibility index (Phi) is 4.44. The topological polar surface area (TPSA) is 9.23 Å². The van der Waals surface area contributed by atoms with Crippen molar-refractivity contribution in [2.24, 2.45) is 0 Å². The van der Waals surface area contributed by atoms with Crippen LogP contribution in [0.4, 0.5) is 13.2 Å². The molecule has 3 aliphatic rings. The highest BCUT2D eigenvalue weighted by molar-refractivity contribution is 6.83. The predicted octanol–water partition coefficient (Wildman–Crippen LogP) is 6.50. The van der Waals surface area contributed by atoms with Crippen LogP contribution >= 0.6 is 0 Å². The fourth-order valence-corrected chi connectivity index (χ4v) is 5.51. The molecule has 2 aromatic rings. The standard InChI is InChI=1S/C24H25F3OSi/c1-17-12-20(28-24(25,26)27)8-9-21(17)23-14-22(15-23,16-23)19-7-5-6-18(13-19)10-11-29(2,3)4/h5-9,12-13H,14-16H2,1-4H3. The molecule has 3 fully saturated rings. The molecule has 0 amide bonds. The molecule has 2 aromatic carbocycles. The molecular formula is C24H25F3OSi. The van der Waals surface area contributed by atoms with Gasteiger partial charge in [0.2, 0.25) is 0 Å². The summed E-state index contributed by atoms with van der Waals surface area (Å²) in [6.07, 6.45) is -1.51. The van der Waals surface area contributed by atoms with Gasteiger partial charge in [0.25, 0.3) is 0 Å². The number of rotatable bonds is 3. The van der Waals surface area contributed by atoms with Gasteiger partial charge in [-0.3, -0.25) is 0 Å². The van der Waals surface area contributed by atoms with Gasteiger partial charge in [0, 0.05) is 5.56 Å². The summed E-state index contributed by atoms with van der Waals surface area (Å²) in [6.45, 7) is 8.59. The monoisotopic (exact) mass is 414 g/mol. The molecule has 0 saturated heterocycles. The van der Waals surface area contributed by atoms with Crippen LogP contribution < -0.4 is 4.74 Å². The molecule has 152 valence electrons. The Balaban J connectivity index is 1.50. The van der Waals surface area contributed by atoms with Crippen molar-refractivity contribution >= 4 is 8.07 Å². The Bertz CT molecular complexity index is 1000. The van der Waals surface area contributed by atoms with Crippen LogP contribution in [0, 0.1) is 18.4 Å². The number of alkyl halides is 3. The summed E-state index contributed by atoms with van der Waals surface area (Å²) in [5.41, 5.74) is 8.17. The van der Waals surface area contributed by atoms with E-state index in [1.807, 2.05) is 13.0 Å². The number of halogens is 3. The molecule has 0 spiro atoms. The molecule has 0 atom stereocenters. The average Bonchev–Trinajstić information content (AvgIpc) is 2.51. The zero-order chi connectivity index (χ0) is 21.1. The zero-order valence-electron chi connectivity index (χ0n) is 17.2. The van der Waals surface area contributed by atoms with Gasteiger partial charge in [-0.05, 0) is 78.0 Å². The van der Waals surface area contributed by atoms with Gasteiger partial charge in [0.05, 0.1) is 0 Å². The number of ether oxygens (including phenoxy) is 1. The second-order valence-corrected chi connectivity index (χ2v) is 14.4. The summed E-state index contributed by atoms with van der Waals surface area (Å²) < 4.78 is 41.4. The predicted molar refractivity (Wildman–Crippen MR) is 112 cm³/mol. The maximum Gasteiger partial charge on any atom is 0.573 e. The van der Waals surface area contributed by atoms with Crippen LogP contribution in [0.5, 0.6) is 5.75 Å². The molecule has 0 radical (unpaired) electrons. The van der Waals surface area contributed by atoms with Gasteiger partial charge in [0.15, 0.2) is 0 Å². The van der Waals surface area contributed by atoms with Crippen molar-refractivity contribution in [2.45, 2.75) is 63.0 Å². The zero-order valence-corrected chi connectivity index (χ0v) is 18.2. The molecular weight excluding hydrogens is 389 g/mol. The van der Waals surface area contributed by atoms with Gasteiger partial charge in [0.1, 0.15) is 13.8 Å². The van der Waals surface area contributed by atoms with Crippen molar-refractivity contribution in [1.82, 2.24) is 0 Å². The van der Waals surface area contributed by atoms with Crippen LogP contribution in [-0.2, 0) is 10.8 Å². The Morgan fingerprint density at radius 3 is 2.24 bits per heavy atom. The lowest BCUT2D eigenvalue weighted by Gasteiger charge is -2.72. The molecule has 1 nitrogen and oxygen atoms in total. The molecule has 0 aliphatic heterocycles. The molecule has 3 aliphatic carbocycles. The van der Waals surface area contributed by atoms with Crippen molar-refractivity contribution in [2.75, 3.05) is 0 Å². The lowest BCUT2D eigenvalue weighted by atomic mass is 9.32. The van der Waals surface area contributed by atoms with Crippen molar-refractivity contribution in [3.8, 4) is 17.2 Å². The minimum Gasteiger partial charge on any atom is -0.406 e. The number of benzene rings is 2. The second-order valence-electron chi connectivity index (χ2n) is 9.70. The quantitative estimate of drug-likeness (QED) is 0.412. The van der Waals surface area contributed by atoms with Gasteiger partial charge in [-0.15, -0.1) is 18.7 Å². The van der Waals surface area contributed by atoms with Crippen molar-refractivity contribution < 1.29 is 17.9 Å². The first-order chi connectivity index (χ1) is 13.4. The fraction of sp³-hybridized carbons (Fsp3) is 0.417. The third-order valence-electron chi connectivity index (χ3n) is 6.09. The first-order valence-corrected chi connectivity index (χ1v) is 13.4. The van der Waals surface area contributed by atoms with Crippen LogP contribution in [0.1, 0.15) is 41.5 Å². The normalized spacial score (nSPS) is 25.3. The SMILES string of the molecule is Cc1cc(OC(F)(F)F)ccc1C12CC(c3cccc(C#C[Si](C)(C)C)c3)(C1)C2. The fourth-order valence-electron chi connectivity index (χ4n) is 4.99. The van der Waals surface area contributed by atoms with Crippen LogP contribution in [0.15, 0.2) is 42.5 Å². The van der Waals surface area contributed by atoms with E-state index in [9.17, 15) is 13.2 Å². The van der Waals surface area contributed by atoms with E-state index >= 15 is 0 Å². The molecule has 5 heteroatoms.